The fourth-order valence-electron chi connectivity index (χ4n) is 3.70. The molecule has 4 heteroatoms. The fourth-order valence-corrected chi connectivity index (χ4v) is 3.70. The number of esters is 1. The van der Waals surface area contributed by atoms with Gasteiger partial charge >= 0.3 is 5.97 Å². The van der Waals surface area contributed by atoms with Crippen molar-refractivity contribution in [2.24, 2.45) is 0 Å². The van der Waals surface area contributed by atoms with Gasteiger partial charge < -0.3 is 9.64 Å². The summed E-state index contributed by atoms with van der Waals surface area (Å²) >= 11 is 0. The predicted octanol–water partition coefficient (Wildman–Crippen LogP) is 2.28. The number of ether oxygens (including phenoxy) is 1. The molecule has 2 aliphatic rings. The Morgan fingerprint density at radius 2 is 1.85 bits per heavy atom. The van der Waals surface area contributed by atoms with Crippen molar-refractivity contribution in [1.82, 2.24) is 9.80 Å². The normalized spacial score (nSPS) is 27.2. The summed E-state index contributed by atoms with van der Waals surface area (Å²) in [7, 11) is 0. The van der Waals surface area contributed by atoms with Crippen molar-refractivity contribution in [2.75, 3.05) is 32.8 Å². The van der Waals surface area contributed by atoms with Crippen LogP contribution < -0.4 is 0 Å². The average molecular weight is 282 g/mol. The van der Waals surface area contributed by atoms with E-state index < -0.39 is 0 Å². The Hall–Kier alpha value is -0.610. The van der Waals surface area contributed by atoms with Gasteiger partial charge in [0.2, 0.25) is 0 Å². The molecule has 0 spiro atoms. The maximum absolute atomic E-state index is 12.0. The number of hydrogen-bond acceptors (Lipinski definition) is 4. The van der Waals surface area contributed by atoms with Crippen molar-refractivity contribution in [3.05, 3.63) is 0 Å². The minimum atomic E-state index is -0.0349. The van der Waals surface area contributed by atoms with E-state index in [2.05, 4.69) is 16.7 Å². The van der Waals surface area contributed by atoms with Gasteiger partial charge in [-0.15, -0.1) is 0 Å². The number of carbonyl (C=O) groups excluding carboxylic acids is 1. The number of rotatable bonds is 5. The molecule has 0 aromatic heterocycles. The Morgan fingerprint density at radius 3 is 2.50 bits per heavy atom. The Morgan fingerprint density at radius 1 is 1.10 bits per heavy atom. The Balaban J connectivity index is 1.88. The topological polar surface area (TPSA) is 32.8 Å². The molecule has 2 unspecified atom stereocenters. The highest BCUT2D eigenvalue weighted by molar-refractivity contribution is 5.75. The third-order valence-electron chi connectivity index (χ3n) is 4.78. The molecule has 2 rings (SSSR count). The summed E-state index contributed by atoms with van der Waals surface area (Å²) in [6, 6.07) is 0.703. The van der Waals surface area contributed by atoms with Gasteiger partial charge in [-0.2, -0.15) is 0 Å². The SMILES string of the molecule is CCOC(=O)C(CC)N1CCCC(N2CCCC2)CC1. The predicted molar refractivity (Wildman–Crippen MR) is 80.7 cm³/mol. The van der Waals surface area contributed by atoms with Crippen molar-refractivity contribution in [3.8, 4) is 0 Å². The quantitative estimate of drug-likeness (QED) is 0.724. The average Bonchev–Trinajstić information content (AvgIpc) is 2.87. The second-order valence-electron chi connectivity index (χ2n) is 6.04. The number of nitrogens with zero attached hydrogens (tertiary/aromatic N) is 2. The van der Waals surface area contributed by atoms with Gasteiger partial charge in [0, 0.05) is 12.6 Å². The minimum absolute atomic E-state index is 0.0328. The molecule has 0 saturated carbocycles. The first-order valence-corrected chi connectivity index (χ1v) is 8.41. The van der Waals surface area contributed by atoms with Crippen LogP contribution in [0.3, 0.4) is 0 Å². The van der Waals surface area contributed by atoms with E-state index >= 15 is 0 Å². The van der Waals surface area contributed by atoms with E-state index in [1.807, 2.05) is 6.92 Å². The van der Waals surface area contributed by atoms with Crippen LogP contribution in [-0.4, -0.2) is 60.6 Å². The lowest BCUT2D eigenvalue weighted by Crippen LogP contribution is -2.43. The van der Waals surface area contributed by atoms with Gasteiger partial charge in [-0.25, -0.2) is 0 Å². The van der Waals surface area contributed by atoms with Crippen LogP contribution in [0.5, 0.6) is 0 Å². The number of carbonyl (C=O) groups is 1. The molecule has 0 amide bonds. The fraction of sp³-hybridized carbons (Fsp3) is 0.938. The maximum Gasteiger partial charge on any atom is 0.323 e. The highest BCUT2D eigenvalue weighted by Crippen LogP contribution is 2.23. The van der Waals surface area contributed by atoms with Gasteiger partial charge in [-0.1, -0.05) is 6.92 Å². The van der Waals surface area contributed by atoms with Crippen LogP contribution >= 0.6 is 0 Å². The third kappa shape index (κ3) is 3.95. The molecule has 20 heavy (non-hydrogen) atoms. The smallest absolute Gasteiger partial charge is 0.323 e. The molecule has 0 radical (unpaired) electrons. The van der Waals surface area contributed by atoms with Crippen molar-refractivity contribution in [1.29, 1.82) is 0 Å². The van der Waals surface area contributed by atoms with Gasteiger partial charge in [0.1, 0.15) is 6.04 Å². The van der Waals surface area contributed by atoms with Crippen LogP contribution in [0, 0.1) is 0 Å². The van der Waals surface area contributed by atoms with Crippen LogP contribution in [0.4, 0.5) is 0 Å². The van der Waals surface area contributed by atoms with Gasteiger partial charge in [-0.05, 0) is 65.1 Å². The summed E-state index contributed by atoms with van der Waals surface area (Å²) in [6.07, 6.45) is 7.28. The lowest BCUT2D eigenvalue weighted by Gasteiger charge is -2.29. The highest BCUT2D eigenvalue weighted by atomic mass is 16.5. The van der Waals surface area contributed by atoms with E-state index in [0.717, 1.165) is 25.6 Å². The summed E-state index contributed by atoms with van der Waals surface area (Å²) in [5.74, 6) is -0.0328. The van der Waals surface area contributed by atoms with Crippen molar-refractivity contribution in [2.45, 2.75) is 64.5 Å². The van der Waals surface area contributed by atoms with Gasteiger partial charge in [0.15, 0.2) is 0 Å². The van der Waals surface area contributed by atoms with E-state index in [9.17, 15) is 4.79 Å². The molecule has 4 nitrogen and oxygen atoms in total. The Bertz CT molecular complexity index is 303. The lowest BCUT2D eigenvalue weighted by atomic mass is 10.1. The molecule has 2 heterocycles. The zero-order valence-electron chi connectivity index (χ0n) is 13.1. The lowest BCUT2D eigenvalue weighted by molar-refractivity contribution is -0.149. The van der Waals surface area contributed by atoms with Crippen LogP contribution in [-0.2, 0) is 9.53 Å². The first-order valence-electron chi connectivity index (χ1n) is 8.41. The largest absolute Gasteiger partial charge is 0.465 e. The van der Waals surface area contributed by atoms with Crippen molar-refractivity contribution >= 4 is 5.97 Å². The third-order valence-corrected chi connectivity index (χ3v) is 4.78. The van der Waals surface area contributed by atoms with Crippen LogP contribution in [0.2, 0.25) is 0 Å². The van der Waals surface area contributed by atoms with Crippen LogP contribution in [0.15, 0.2) is 0 Å². The van der Waals surface area contributed by atoms with Gasteiger partial charge in [-0.3, -0.25) is 9.69 Å². The standard InChI is InChI=1S/C16H30N2O2/c1-3-15(16(19)20-4-2)18-12-7-8-14(9-13-18)17-10-5-6-11-17/h14-15H,3-13H2,1-2H3. The van der Waals surface area contributed by atoms with E-state index in [0.29, 0.717) is 6.61 Å². The summed E-state index contributed by atoms with van der Waals surface area (Å²) in [4.78, 5) is 17.1. The molecular formula is C16H30N2O2. The highest BCUT2D eigenvalue weighted by Gasteiger charge is 2.30. The summed E-state index contributed by atoms with van der Waals surface area (Å²) in [5.41, 5.74) is 0. The maximum atomic E-state index is 12.0. The monoisotopic (exact) mass is 282 g/mol. The summed E-state index contributed by atoms with van der Waals surface area (Å²) < 4.78 is 5.22. The number of likely N-dealkylation sites (tertiary alicyclic amines) is 2. The molecule has 2 aliphatic heterocycles. The zero-order chi connectivity index (χ0) is 14.4. The van der Waals surface area contributed by atoms with Crippen molar-refractivity contribution in [3.63, 3.8) is 0 Å². The van der Waals surface area contributed by atoms with E-state index in [-0.39, 0.29) is 12.0 Å². The Kier molecular flexibility index (Phi) is 6.30. The first-order chi connectivity index (χ1) is 9.76. The molecule has 2 fully saturated rings. The van der Waals surface area contributed by atoms with Crippen LogP contribution in [0.25, 0.3) is 0 Å². The minimum Gasteiger partial charge on any atom is -0.465 e. The van der Waals surface area contributed by atoms with E-state index in [4.69, 9.17) is 4.74 Å². The van der Waals surface area contributed by atoms with Gasteiger partial charge in [0.25, 0.3) is 0 Å². The summed E-state index contributed by atoms with van der Waals surface area (Å²) in [6.45, 7) is 9.10. The van der Waals surface area contributed by atoms with E-state index in [1.54, 1.807) is 0 Å². The molecule has 0 aromatic carbocycles. The zero-order valence-corrected chi connectivity index (χ0v) is 13.1. The summed E-state index contributed by atoms with van der Waals surface area (Å²) in [5, 5.41) is 0. The van der Waals surface area contributed by atoms with Gasteiger partial charge in [0.05, 0.1) is 6.61 Å². The molecule has 0 aliphatic carbocycles. The molecule has 0 bridgehead atoms. The second-order valence-corrected chi connectivity index (χ2v) is 6.04. The molecule has 2 atom stereocenters. The molecular weight excluding hydrogens is 252 g/mol. The molecule has 0 N–H and O–H groups in total. The molecule has 2 saturated heterocycles. The Labute approximate surface area is 123 Å². The second kappa shape index (κ2) is 7.99. The molecule has 0 aromatic rings. The van der Waals surface area contributed by atoms with Crippen LogP contribution in [0.1, 0.15) is 52.4 Å². The molecule has 116 valence electrons. The first kappa shape index (κ1) is 15.8. The number of hydrogen-bond donors (Lipinski definition) is 0. The van der Waals surface area contributed by atoms with Crippen molar-refractivity contribution < 1.29 is 9.53 Å². The van der Waals surface area contributed by atoms with E-state index in [1.165, 1.54) is 45.2 Å².